The van der Waals surface area contributed by atoms with E-state index in [2.05, 4.69) is 4.74 Å². The van der Waals surface area contributed by atoms with Crippen LogP contribution in [0.5, 0.6) is 0 Å². The van der Waals surface area contributed by atoms with Crippen LogP contribution in [0.4, 0.5) is 52.8 Å². The topological polar surface area (TPSA) is 12.5 Å². The number of alkyl halides is 11. The third kappa shape index (κ3) is 6.24. The largest absolute Gasteiger partial charge is 0.425 e. The monoisotopic (exact) mass is 375 g/mol. The Morgan fingerprint density at radius 2 is 1.17 bits per heavy atom. The molecule has 0 aromatic carbocycles. The predicted octanol–water partition coefficient (Wildman–Crippen LogP) is 3.92. The zero-order valence-corrected chi connectivity index (χ0v) is 11.0. The Bertz CT molecular complexity index is 376. The summed E-state index contributed by atoms with van der Waals surface area (Å²) in [6.45, 7) is -5.09. The molecule has 2 unspecified atom stereocenters. The summed E-state index contributed by atoms with van der Waals surface area (Å²) >= 11 is 0. The normalized spacial score (nSPS) is 17.5. The molecule has 0 radical (unpaired) electrons. The van der Waals surface area contributed by atoms with Gasteiger partial charge in [0.05, 0.1) is 0 Å². The molecule has 2 atom stereocenters. The lowest BCUT2D eigenvalue weighted by Crippen LogP contribution is -2.55. The fourth-order valence-corrected chi connectivity index (χ4v) is 1.42. The van der Waals surface area contributed by atoms with E-state index in [0.717, 1.165) is 0 Å². The van der Waals surface area contributed by atoms with Gasteiger partial charge in [-0.2, -0.15) is 26.3 Å². The van der Waals surface area contributed by atoms with Crippen LogP contribution in [-0.2, 0) is 4.74 Å². The summed E-state index contributed by atoms with van der Waals surface area (Å²) in [6.07, 6.45) is -16.7. The summed E-state index contributed by atoms with van der Waals surface area (Å²) in [4.78, 5) is 0. The first-order valence-electron chi connectivity index (χ1n) is 5.42. The average molecular weight is 375 g/mol. The molecule has 0 aliphatic rings. The molecule has 0 bridgehead atoms. The van der Waals surface area contributed by atoms with Gasteiger partial charge in [0.2, 0.25) is 6.04 Å². The van der Waals surface area contributed by atoms with Gasteiger partial charge in [0.1, 0.15) is 13.2 Å². The molecular weight excluding hydrogens is 366 g/mol. The number of hydrogen-bond acceptors (Lipinski definition) is 2. The third-order valence-electron chi connectivity index (χ3n) is 2.31. The van der Waals surface area contributed by atoms with Gasteiger partial charge in [0, 0.05) is 7.05 Å². The van der Waals surface area contributed by atoms with Crippen LogP contribution >= 0.6 is 0 Å². The van der Waals surface area contributed by atoms with Crippen molar-refractivity contribution in [2.24, 2.45) is 0 Å². The quantitative estimate of drug-likeness (QED) is 0.494. The van der Waals surface area contributed by atoms with E-state index in [0.29, 0.717) is 0 Å². The molecule has 0 rings (SSSR count). The van der Waals surface area contributed by atoms with Crippen molar-refractivity contribution in [1.82, 2.24) is 5.12 Å². The van der Waals surface area contributed by atoms with Crippen molar-refractivity contribution in [2.45, 2.75) is 36.4 Å². The highest BCUT2D eigenvalue weighted by molar-refractivity contribution is 4.89. The van der Waals surface area contributed by atoms with Crippen LogP contribution < -0.4 is 0 Å². The molecule has 0 aromatic heterocycles. The van der Waals surface area contributed by atoms with Crippen LogP contribution in [-0.4, -0.2) is 61.8 Å². The Balaban J connectivity index is 4.90. The second kappa shape index (κ2) is 6.91. The summed E-state index contributed by atoms with van der Waals surface area (Å²) < 4.78 is 152. The van der Waals surface area contributed by atoms with Crippen molar-refractivity contribution in [2.75, 3.05) is 20.3 Å². The van der Waals surface area contributed by atoms with E-state index in [1.807, 2.05) is 0 Å². The van der Waals surface area contributed by atoms with E-state index in [1.54, 1.807) is 0 Å². The van der Waals surface area contributed by atoms with Crippen molar-refractivity contribution in [3.63, 3.8) is 0 Å². The standard InChI is InChI=1S/C9H9F12NO/c1-22(21)5(9(18,19)20)7(13,14)3-23-2-6(11,12)4(10)8(15,16)17/h4-5H,2-3H2,1H3. The third-order valence-corrected chi connectivity index (χ3v) is 2.31. The number of ether oxygens (including phenoxy) is 1. The van der Waals surface area contributed by atoms with E-state index in [1.165, 1.54) is 0 Å². The van der Waals surface area contributed by atoms with Gasteiger partial charge in [-0.3, -0.25) is 0 Å². The lowest BCUT2D eigenvalue weighted by atomic mass is 10.1. The lowest BCUT2D eigenvalue weighted by Gasteiger charge is -2.31. The minimum Gasteiger partial charge on any atom is -0.369 e. The number of hydrogen-bond donors (Lipinski definition) is 0. The number of rotatable bonds is 7. The van der Waals surface area contributed by atoms with E-state index in [9.17, 15) is 52.8 Å². The fourth-order valence-electron chi connectivity index (χ4n) is 1.42. The molecule has 0 saturated heterocycles. The first kappa shape index (κ1) is 22.1. The zero-order valence-electron chi connectivity index (χ0n) is 11.0. The molecule has 140 valence electrons. The van der Waals surface area contributed by atoms with Crippen LogP contribution in [0.15, 0.2) is 0 Å². The van der Waals surface area contributed by atoms with Gasteiger partial charge in [-0.25, -0.2) is 22.0 Å². The molecule has 0 aromatic rings. The lowest BCUT2D eigenvalue weighted by molar-refractivity contribution is -0.289. The summed E-state index contributed by atoms with van der Waals surface area (Å²) in [5, 5.41) is -1.46. The Hall–Kier alpha value is -0.920. The Morgan fingerprint density at radius 3 is 1.48 bits per heavy atom. The van der Waals surface area contributed by atoms with Gasteiger partial charge >= 0.3 is 18.3 Å². The number of halogens is 12. The van der Waals surface area contributed by atoms with Crippen LogP contribution in [0.3, 0.4) is 0 Å². The smallest absolute Gasteiger partial charge is 0.369 e. The van der Waals surface area contributed by atoms with Gasteiger partial charge in [-0.05, 0) is 0 Å². The highest BCUT2D eigenvalue weighted by Crippen LogP contribution is 2.38. The molecule has 0 saturated carbocycles. The van der Waals surface area contributed by atoms with E-state index in [4.69, 9.17) is 0 Å². The highest BCUT2D eigenvalue weighted by atomic mass is 19.4. The molecule has 14 heteroatoms. The second-order valence-electron chi connectivity index (χ2n) is 4.39. The predicted molar refractivity (Wildman–Crippen MR) is 50.4 cm³/mol. The first-order chi connectivity index (χ1) is 9.93. The second-order valence-corrected chi connectivity index (χ2v) is 4.39. The molecule has 23 heavy (non-hydrogen) atoms. The average Bonchev–Trinajstić information content (AvgIpc) is 2.22. The van der Waals surface area contributed by atoms with Crippen LogP contribution in [0.25, 0.3) is 0 Å². The first-order valence-corrected chi connectivity index (χ1v) is 5.42. The van der Waals surface area contributed by atoms with E-state index >= 15 is 0 Å². The molecule has 0 heterocycles. The van der Waals surface area contributed by atoms with Crippen LogP contribution in [0.2, 0.25) is 0 Å². The van der Waals surface area contributed by atoms with Gasteiger partial charge in [-0.15, -0.1) is 9.60 Å². The van der Waals surface area contributed by atoms with Gasteiger partial charge in [0.25, 0.3) is 12.1 Å². The van der Waals surface area contributed by atoms with Crippen molar-refractivity contribution in [3.8, 4) is 0 Å². The maximum atomic E-state index is 13.2. The van der Waals surface area contributed by atoms with Gasteiger partial charge in [-0.1, -0.05) is 0 Å². The maximum absolute atomic E-state index is 13.2. The SMILES string of the molecule is CN(F)C(C(F)(F)F)C(F)(F)COCC(F)(F)C(F)C(F)(F)F. The Morgan fingerprint density at radius 1 is 0.783 bits per heavy atom. The summed E-state index contributed by atoms with van der Waals surface area (Å²) in [5.41, 5.74) is 0. The summed E-state index contributed by atoms with van der Waals surface area (Å²) in [7, 11) is -0.0398. The molecule has 0 spiro atoms. The van der Waals surface area contributed by atoms with Crippen LogP contribution in [0.1, 0.15) is 0 Å². The van der Waals surface area contributed by atoms with Crippen molar-refractivity contribution >= 4 is 0 Å². The molecule has 0 aliphatic carbocycles. The Labute approximate surface area is 120 Å². The summed E-state index contributed by atoms with van der Waals surface area (Å²) in [5.74, 6) is -10.4. The highest BCUT2D eigenvalue weighted by Gasteiger charge is 2.60. The van der Waals surface area contributed by atoms with Crippen molar-refractivity contribution < 1.29 is 57.5 Å². The fraction of sp³-hybridized carbons (Fsp3) is 1.00. The van der Waals surface area contributed by atoms with Crippen LogP contribution in [0, 0.1) is 0 Å². The number of nitrogens with zero attached hydrogens (tertiary/aromatic N) is 1. The van der Waals surface area contributed by atoms with Gasteiger partial charge < -0.3 is 4.74 Å². The molecule has 0 aliphatic heterocycles. The van der Waals surface area contributed by atoms with Crippen molar-refractivity contribution in [1.29, 1.82) is 0 Å². The van der Waals surface area contributed by atoms with Gasteiger partial charge in [0.15, 0.2) is 0 Å². The minimum atomic E-state index is -6.04. The molecule has 0 fully saturated rings. The van der Waals surface area contributed by atoms with E-state index < -0.39 is 54.7 Å². The Kier molecular flexibility index (Phi) is 6.63. The molecule has 0 amide bonds. The van der Waals surface area contributed by atoms with Crippen molar-refractivity contribution in [3.05, 3.63) is 0 Å². The van der Waals surface area contributed by atoms with E-state index in [-0.39, 0.29) is 7.05 Å². The zero-order chi connectivity index (χ0) is 18.9. The molecule has 0 N–H and O–H groups in total. The minimum absolute atomic E-state index is 0.0398. The maximum Gasteiger partial charge on any atom is 0.425 e. The summed E-state index contributed by atoms with van der Waals surface area (Å²) in [6, 6.07) is -4.09. The molecular formula is C9H9F12NO. The molecule has 2 nitrogen and oxygen atoms in total.